The third-order valence-corrected chi connectivity index (χ3v) is 4.65. The molecule has 4 nitrogen and oxygen atoms in total. The van der Waals surface area contributed by atoms with Gasteiger partial charge in [0.05, 0.1) is 19.1 Å². The van der Waals surface area contributed by atoms with Gasteiger partial charge in [-0.1, -0.05) is 62.7 Å². The van der Waals surface area contributed by atoms with Gasteiger partial charge >= 0.3 is 0 Å². The fraction of sp³-hybridized carbons (Fsp3) is 0.435. The monoisotopic (exact) mass is 369 g/mol. The molecule has 2 aromatic carbocycles. The molecule has 27 heavy (non-hydrogen) atoms. The molecule has 4 heteroatoms. The summed E-state index contributed by atoms with van der Waals surface area (Å²) in [6.07, 6.45) is 3.07. The Kier molecular flexibility index (Phi) is 8.85. The number of ether oxygens (including phenoxy) is 1. The summed E-state index contributed by atoms with van der Waals surface area (Å²) in [7, 11) is 0. The Hall–Kier alpha value is -2.33. The molecule has 0 fully saturated rings. The van der Waals surface area contributed by atoms with Crippen molar-refractivity contribution in [2.24, 2.45) is 5.92 Å². The molecular formula is C23H31NO3. The summed E-state index contributed by atoms with van der Waals surface area (Å²) in [4.78, 5) is 12.4. The molecule has 2 unspecified atom stereocenters. The second kappa shape index (κ2) is 11.4. The first-order valence-corrected chi connectivity index (χ1v) is 9.79. The van der Waals surface area contributed by atoms with Crippen LogP contribution >= 0.6 is 0 Å². The Labute approximate surface area is 162 Å². The van der Waals surface area contributed by atoms with E-state index in [1.54, 1.807) is 0 Å². The van der Waals surface area contributed by atoms with Gasteiger partial charge in [0, 0.05) is 6.54 Å². The van der Waals surface area contributed by atoms with Crippen molar-refractivity contribution >= 4 is 5.91 Å². The number of aliphatic hydroxyl groups excluding tert-OH is 1. The topological polar surface area (TPSA) is 58.6 Å². The van der Waals surface area contributed by atoms with E-state index in [9.17, 15) is 9.90 Å². The number of nitrogens with one attached hydrogen (secondary N) is 1. The molecule has 2 atom stereocenters. The minimum Gasteiger partial charge on any atom is -0.493 e. The van der Waals surface area contributed by atoms with Gasteiger partial charge in [0.25, 0.3) is 0 Å². The standard InChI is InChI=1S/C23H31NO3/c1-3-7-18(2)17-27-21-12-10-20(11-13-21)22(16-25)23(26)24-15-14-19-8-5-4-6-9-19/h4-6,8-13,18,22,25H,3,7,14-17H2,1-2H3,(H,24,26). The van der Waals surface area contributed by atoms with Crippen molar-refractivity contribution in [1.29, 1.82) is 0 Å². The maximum absolute atomic E-state index is 12.4. The molecule has 0 saturated heterocycles. The molecule has 0 aliphatic heterocycles. The van der Waals surface area contributed by atoms with Crippen molar-refractivity contribution in [3.8, 4) is 5.75 Å². The van der Waals surface area contributed by atoms with E-state index in [1.165, 1.54) is 5.56 Å². The van der Waals surface area contributed by atoms with Crippen molar-refractivity contribution in [2.75, 3.05) is 19.8 Å². The molecular weight excluding hydrogens is 338 g/mol. The molecule has 146 valence electrons. The highest BCUT2D eigenvalue weighted by Crippen LogP contribution is 2.20. The quantitative estimate of drug-likeness (QED) is 0.631. The second-order valence-electron chi connectivity index (χ2n) is 7.04. The Morgan fingerprint density at radius 1 is 1.11 bits per heavy atom. The molecule has 2 N–H and O–H groups in total. The second-order valence-corrected chi connectivity index (χ2v) is 7.04. The average molecular weight is 370 g/mol. The summed E-state index contributed by atoms with van der Waals surface area (Å²) in [5, 5.41) is 12.6. The smallest absolute Gasteiger partial charge is 0.229 e. The Balaban J connectivity index is 1.85. The van der Waals surface area contributed by atoms with E-state index in [-0.39, 0.29) is 12.5 Å². The molecule has 0 saturated carbocycles. The van der Waals surface area contributed by atoms with E-state index < -0.39 is 5.92 Å². The number of hydrogen-bond acceptors (Lipinski definition) is 3. The maximum Gasteiger partial charge on any atom is 0.229 e. The fourth-order valence-corrected chi connectivity index (χ4v) is 3.05. The van der Waals surface area contributed by atoms with Crippen LogP contribution in [0.2, 0.25) is 0 Å². The van der Waals surface area contributed by atoms with Gasteiger partial charge in [0.15, 0.2) is 0 Å². The van der Waals surface area contributed by atoms with E-state index in [1.807, 2.05) is 54.6 Å². The van der Waals surface area contributed by atoms with Crippen LogP contribution in [0.3, 0.4) is 0 Å². The summed E-state index contributed by atoms with van der Waals surface area (Å²) in [5.74, 6) is 0.602. The lowest BCUT2D eigenvalue weighted by atomic mass is 9.99. The van der Waals surface area contributed by atoms with E-state index in [2.05, 4.69) is 19.2 Å². The number of hydrogen-bond donors (Lipinski definition) is 2. The first-order valence-electron chi connectivity index (χ1n) is 9.79. The Morgan fingerprint density at radius 2 is 1.81 bits per heavy atom. The number of amides is 1. The van der Waals surface area contributed by atoms with Gasteiger partial charge in [-0.25, -0.2) is 0 Å². The Bertz CT molecular complexity index is 670. The molecule has 0 radical (unpaired) electrons. The number of carbonyl (C=O) groups is 1. The molecule has 0 heterocycles. The zero-order valence-corrected chi connectivity index (χ0v) is 16.4. The lowest BCUT2D eigenvalue weighted by Gasteiger charge is -2.16. The van der Waals surface area contributed by atoms with Crippen LogP contribution in [0.25, 0.3) is 0 Å². The van der Waals surface area contributed by atoms with Crippen molar-refractivity contribution in [3.05, 3.63) is 65.7 Å². The highest BCUT2D eigenvalue weighted by molar-refractivity contribution is 5.83. The summed E-state index contributed by atoms with van der Waals surface area (Å²) < 4.78 is 5.80. The maximum atomic E-state index is 12.4. The molecule has 2 rings (SSSR count). The summed E-state index contributed by atoms with van der Waals surface area (Å²) in [6.45, 7) is 5.38. The van der Waals surface area contributed by atoms with Gasteiger partial charge < -0.3 is 15.2 Å². The summed E-state index contributed by atoms with van der Waals surface area (Å²) in [5.41, 5.74) is 1.97. The minimum absolute atomic E-state index is 0.154. The number of carbonyl (C=O) groups excluding carboxylic acids is 1. The molecule has 2 aromatic rings. The first kappa shape index (κ1) is 21.0. The third kappa shape index (κ3) is 7.06. The van der Waals surface area contributed by atoms with E-state index in [0.29, 0.717) is 19.1 Å². The lowest BCUT2D eigenvalue weighted by molar-refractivity contribution is -0.123. The normalized spacial score (nSPS) is 13.0. The zero-order chi connectivity index (χ0) is 19.5. The number of rotatable bonds is 11. The largest absolute Gasteiger partial charge is 0.493 e. The fourth-order valence-electron chi connectivity index (χ4n) is 3.05. The predicted octanol–water partition coefficient (Wildman–Crippen LogP) is 3.94. The lowest BCUT2D eigenvalue weighted by Crippen LogP contribution is -2.32. The molecule has 0 spiro atoms. The number of aliphatic hydroxyl groups is 1. The van der Waals surface area contributed by atoms with E-state index >= 15 is 0 Å². The molecule has 0 bridgehead atoms. The number of benzene rings is 2. The summed E-state index contributed by atoms with van der Waals surface area (Å²) >= 11 is 0. The molecule has 0 aromatic heterocycles. The van der Waals surface area contributed by atoms with Crippen molar-refractivity contribution in [3.63, 3.8) is 0 Å². The van der Waals surface area contributed by atoms with Crippen molar-refractivity contribution < 1.29 is 14.6 Å². The van der Waals surface area contributed by atoms with Gasteiger partial charge in [0.1, 0.15) is 5.75 Å². The highest BCUT2D eigenvalue weighted by atomic mass is 16.5. The van der Waals surface area contributed by atoms with Crippen molar-refractivity contribution in [2.45, 2.75) is 39.0 Å². The van der Waals surface area contributed by atoms with Crippen LogP contribution in [0.15, 0.2) is 54.6 Å². The van der Waals surface area contributed by atoms with Gasteiger partial charge in [-0.05, 0) is 42.0 Å². The van der Waals surface area contributed by atoms with Crippen molar-refractivity contribution in [1.82, 2.24) is 5.32 Å². The minimum atomic E-state index is -0.561. The SMILES string of the molecule is CCCC(C)COc1ccc(C(CO)C(=O)NCCc2ccccc2)cc1. The van der Waals surface area contributed by atoms with Crippen LogP contribution in [-0.2, 0) is 11.2 Å². The molecule has 1 amide bonds. The average Bonchev–Trinajstić information content (AvgIpc) is 2.69. The van der Waals surface area contributed by atoms with Crippen LogP contribution in [0.4, 0.5) is 0 Å². The van der Waals surface area contributed by atoms with Gasteiger partial charge in [-0.3, -0.25) is 4.79 Å². The predicted molar refractivity (Wildman–Crippen MR) is 109 cm³/mol. The molecule has 0 aliphatic carbocycles. The summed E-state index contributed by atoms with van der Waals surface area (Å²) in [6, 6.07) is 17.5. The van der Waals surface area contributed by atoms with Crippen LogP contribution < -0.4 is 10.1 Å². The van der Waals surface area contributed by atoms with E-state index in [0.717, 1.165) is 30.6 Å². The zero-order valence-electron chi connectivity index (χ0n) is 16.4. The van der Waals surface area contributed by atoms with Crippen LogP contribution in [-0.4, -0.2) is 30.8 Å². The van der Waals surface area contributed by atoms with Crippen LogP contribution in [0.1, 0.15) is 43.7 Å². The van der Waals surface area contributed by atoms with Gasteiger partial charge in [-0.2, -0.15) is 0 Å². The highest BCUT2D eigenvalue weighted by Gasteiger charge is 2.19. The van der Waals surface area contributed by atoms with Gasteiger partial charge in [-0.15, -0.1) is 0 Å². The van der Waals surface area contributed by atoms with E-state index in [4.69, 9.17) is 4.74 Å². The molecule has 0 aliphatic rings. The first-order chi connectivity index (χ1) is 13.1. The third-order valence-electron chi connectivity index (χ3n) is 4.65. The van der Waals surface area contributed by atoms with Gasteiger partial charge in [0.2, 0.25) is 5.91 Å². The Morgan fingerprint density at radius 3 is 2.44 bits per heavy atom. The van der Waals surface area contributed by atoms with Crippen LogP contribution in [0.5, 0.6) is 5.75 Å². The van der Waals surface area contributed by atoms with Crippen LogP contribution in [0, 0.1) is 5.92 Å².